The average molecular weight is 422 g/mol. The number of aromatic nitrogens is 2. The van der Waals surface area contributed by atoms with Gasteiger partial charge in [0.25, 0.3) is 11.8 Å². The fraction of sp³-hybridized carbons (Fsp3) is 0.273. The van der Waals surface area contributed by atoms with Crippen molar-refractivity contribution in [3.63, 3.8) is 0 Å². The second kappa shape index (κ2) is 8.86. The summed E-state index contributed by atoms with van der Waals surface area (Å²) in [6, 6.07) is 11.7. The molecule has 0 spiro atoms. The van der Waals surface area contributed by atoms with Crippen molar-refractivity contribution < 1.29 is 23.9 Å². The monoisotopic (exact) mass is 422 g/mol. The molecule has 0 saturated carbocycles. The largest absolute Gasteiger partial charge is 0.513 e. The summed E-state index contributed by atoms with van der Waals surface area (Å²) in [5.74, 6) is 0.109. The molecule has 0 unspecified atom stereocenters. The molecule has 9 nitrogen and oxygen atoms in total. The van der Waals surface area contributed by atoms with Gasteiger partial charge in [0.15, 0.2) is 0 Å². The van der Waals surface area contributed by atoms with Crippen LogP contribution in [0.25, 0.3) is 11.0 Å². The quantitative estimate of drug-likeness (QED) is 0.512. The molecule has 1 N–H and O–H groups in total. The number of piperazine rings is 1. The molecule has 0 radical (unpaired) electrons. The lowest BCUT2D eigenvalue weighted by Crippen LogP contribution is -2.50. The second-order valence-corrected chi connectivity index (χ2v) is 7.03. The first-order chi connectivity index (χ1) is 15.0. The van der Waals surface area contributed by atoms with Crippen LogP contribution in [0.4, 0.5) is 4.79 Å². The van der Waals surface area contributed by atoms with E-state index in [9.17, 15) is 14.4 Å². The van der Waals surface area contributed by atoms with E-state index in [0.29, 0.717) is 43.1 Å². The van der Waals surface area contributed by atoms with Gasteiger partial charge in [-0.15, -0.1) is 0 Å². The zero-order chi connectivity index (χ0) is 21.8. The van der Waals surface area contributed by atoms with Gasteiger partial charge in [-0.3, -0.25) is 9.59 Å². The van der Waals surface area contributed by atoms with Crippen molar-refractivity contribution in [3.05, 3.63) is 59.9 Å². The Labute approximate surface area is 178 Å². The Balaban J connectivity index is 1.34. The number of H-pyrrole nitrogens is 1. The molecule has 3 aromatic rings. The van der Waals surface area contributed by atoms with Gasteiger partial charge in [-0.1, -0.05) is 0 Å². The summed E-state index contributed by atoms with van der Waals surface area (Å²) in [7, 11) is 0. The highest BCUT2D eigenvalue weighted by Crippen LogP contribution is 2.17. The summed E-state index contributed by atoms with van der Waals surface area (Å²) in [6.45, 7) is 3.71. The van der Waals surface area contributed by atoms with Crippen molar-refractivity contribution in [2.45, 2.75) is 6.92 Å². The number of hydrogen-bond donors (Lipinski definition) is 1. The molecule has 4 rings (SSSR count). The molecule has 1 aromatic heterocycles. The number of aromatic amines is 1. The topological polar surface area (TPSA) is 105 Å². The van der Waals surface area contributed by atoms with E-state index in [1.54, 1.807) is 59.4 Å². The molecule has 2 amide bonds. The van der Waals surface area contributed by atoms with Crippen LogP contribution in [0.5, 0.6) is 5.75 Å². The molecular weight excluding hydrogens is 400 g/mol. The SMILES string of the molecule is CCOC(=O)Oc1ccc(C(=O)N2CCN(C(=O)c3ccc4nc[nH]c4c3)CC2)cc1. The van der Waals surface area contributed by atoms with Gasteiger partial charge in [-0.25, -0.2) is 9.78 Å². The van der Waals surface area contributed by atoms with Crippen molar-refractivity contribution in [3.8, 4) is 5.75 Å². The Hall–Kier alpha value is -3.88. The van der Waals surface area contributed by atoms with Crippen LogP contribution in [0.15, 0.2) is 48.8 Å². The molecule has 0 atom stereocenters. The van der Waals surface area contributed by atoms with Gasteiger partial charge in [0, 0.05) is 37.3 Å². The molecule has 0 aliphatic carbocycles. The Morgan fingerprint density at radius 1 is 0.935 bits per heavy atom. The third-order valence-electron chi connectivity index (χ3n) is 5.09. The zero-order valence-corrected chi connectivity index (χ0v) is 17.0. The first-order valence-corrected chi connectivity index (χ1v) is 10.0. The summed E-state index contributed by atoms with van der Waals surface area (Å²) in [6.07, 6.45) is 0.813. The number of fused-ring (bicyclic) bond motifs is 1. The third kappa shape index (κ3) is 4.50. The van der Waals surface area contributed by atoms with Crippen molar-refractivity contribution in [2.24, 2.45) is 0 Å². The van der Waals surface area contributed by atoms with E-state index in [1.807, 2.05) is 6.07 Å². The molecule has 31 heavy (non-hydrogen) atoms. The number of carbonyl (C=O) groups is 3. The maximum absolute atomic E-state index is 12.8. The predicted octanol–water partition coefficient (Wildman–Crippen LogP) is 2.70. The second-order valence-electron chi connectivity index (χ2n) is 7.03. The van der Waals surface area contributed by atoms with E-state index in [4.69, 9.17) is 9.47 Å². The van der Waals surface area contributed by atoms with Gasteiger partial charge in [0.05, 0.1) is 24.0 Å². The van der Waals surface area contributed by atoms with Gasteiger partial charge in [0.2, 0.25) is 0 Å². The molecule has 1 saturated heterocycles. The normalized spacial score (nSPS) is 13.8. The lowest BCUT2D eigenvalue weighted by Gasteiger charge is -2.35. The predicted molar refractivity (Wildman–Crippen MR) is 112 cm³/mol. The van der Waals surface area contributed by atoms with E-state index >= 15 is 0 Å². The van der Waals surface area contributed by atoms with Crippen molar-refractivity contribution in [1.82, 2.24) is 19.8 Å². The standard InChI is InChI=1S/C22H22N4O5/c1-2-30-22(29)31-17-6-3-15(4-7-17)20(27)25-9-11-26(12-10-25)21(28)16-5-8-18-19(13-16)24-14-23-18/h3-8,13-14H,2,9-12H2,1H3,(H,23,24). The van der Waals surface area contributed by atoms with Crippen molar-refractivity contribution in [1.29, 1.82) is 0 Å². The molecule has 2 aromatic carbocycles. The van der Waals surface area contributed by atoms with Gasteiger partial charge >= 0.3 is 6.16 Å². The van der Waals surface area contributed by atoms with Crippen LogP contribution in [0.2, 0.25) is 0 Å². The van der Waals surface area contributed by atoms with Gasteiger partial charge in [0.1, 0.15) is 5.75 Å². The summed E-state index contributed by atoms with van der Waals surface area (Å²) in [4.78, 5) is 47.6. The lowest BCUT2D eigenvalue weighted by atomic mass is 10.1. The Morgan fingerprint density at radius 3 is 2.19 bits per heavy atom. The highest BCUT2D eigenvalue weighted by Gasteiger charge is 2.25. The average Bonchev–Trinajstić information content (AvgIpc) is 3.27. The van der Waals surface area contributed by atoms with Crippen molar-refractivity contribution in [2.75, 3.05) is 32.8 Å². The zero-order valence-electron chi connectivity index (χ0n) is 17.0. The highest BCUT2D eigenvalue weighted by molar-refractivity contribution is 5.98. The Morgan fingerprint density at radius 2 is 1.55 bits per heavy atom. The number of carbonyl (C=O) groups excluding carboxylic acids is 3. The highest BCUT2D eigenvalue weighted by atomic mass is 16.7. The Kier molecular flexibility index (Phi) is 5.83. The molecule has 1 fully saturated rings. The van der Waals surface area contributed by atoms with E-state index in [2.05, 4.69) is 9.97 Å². The van der Waals surface area contributed by atoms with Crippen molar-refractivity contribution >= 4 is 29.0 Å². The smallest absolute Gasteiger partial charge is 0.434 e. The van der Waals surface area contributed by atoms with Crippen LogP contribution < -0.4 is 4.74 Å². The summed E-state index contributed by atoms with van der Waals surface area (Å²) in [5, 5.41) is 0. The van der Waals surface area contributed by atoms with Crippen LogP contribution in [-0.2, 0) is 4.74 Å². The number of nitrogens with one attached hydrogen (secondary N) is 1. The molecule has 1 aliphatic heterocycles. The third-order valence-corrected chi connectivity index (χ3v) is 5.09. The summed E-state index contributed by atoms with van der Waals surface area (Å²) in [5.41, 5.74) is 2.70. The van der Waals surface area contributed by atoms with Crippen LogP contribution in [0, 0.1) is 0 Å². The molecule has 9 heteroatoms. The number of rotatable bonds is 4. The molecule has 1 aliphatic rings. The van der Waals surface area contributed by atoms with Gasteiger partial charge < -0.3 is 24.3 Å². The van der Waals surface area contributed by atoms with E-state index < -0.39 is 6.16 Å². The number of amides is 2. The van der Waals surface area contributed by atoms with Crippen LogP contribution >= 0.6 is 0 Å². The molecular formula is C22H22N4O5. The van der Waals surface area contributed by atoms with E-state index in [-0.39, 0.29) is 18.4 Å². The molecule has 2 heterocycles. The van der Waals surface area contributed by atoms with E-state index in [0.717, 1.165) is 11.0 Å². The van der Waals surface area contributed by atoms with E-state index in [1.165, 1.54) is 0 Å². The number of imidazole rings is 1. The minimum absolute atomic E-state index is 0.0657. The molecule has 0 bridgehead atoms. The summed E-state index contributed by atoms with van der Waals surface area (Å²) < 4.78 is 9.73. The minimum atomic E-state index is -0.783. The van der Waals surface area contributed by atoms with Gasteiger partial charge in [-0.2, -0.15) is 0 Å². The first-order valence-electron chi connectivity index (χ1n) is 10.0. The fourth-order valence-electron chi connectivity index (χ4n) is 3.46. The number of hydrogen-bond acceptors (Lipinski definition) is 6. The maximum Gasteiger partial charge on any atom is 0.513 e. The minimum Gasteiger partial charge on any atom is -0.434 e. The summed E-state index contributed by atoms with van der Waals surface area (Å²) >= 11 is 0. The van der Waals surface area contributed by atoms with Crippen LogP contribution in [0.1, 0.15) is 27.6 Å². The fourth-order valence-corrected chi connectivity index (χ4v) is 3.46. The number of benzene rings is 2. The lowest BCUT2D eigenvalue weighted by molar-refractivity contribution is 0.0535. The first kappa shape index (κ1) is 20.4. The Bertz CT molecular complexity index is 1100. The maximum atomic E-state index is 12.8. The van der Waals surface area contributed by atoms with Gasteiger partial charge in [-0.05, 0) is 49.4 Å². The molecule has 160 valence electrons. The van der Waals surface area contributed by atoms with Crippen LogP contribution in [-0.4, -0.2) is 70.5 Å². The number of nitrogens with zero attached hydrogens (tertiary/aromatic N) is 3. The van der Waals surface area contributed by atoms with Crippen LogP contribution in [0.3, 0.4) is 0 Å². The number of ether oxygens (including phenoxy) is 2.